The van der Waals surface area contributed by atoms with E-state index in [1.54, 1.807) is 23.7 Å². The van der Waals surface area contributed by atoms with E-state index in [4.69, 9.17) is 0 Å². The number of piperazine rings is 1. The molecule has 0 saturated carbocycles. The number of aromatic nitrogens is 2. The number of para-hydroxylation sites is 1. The second-order valence-electron chi connectivity index (χ2n) is 8.21. The topological polar surface area (TPSA) is 87.5 Å². The Morgan fingerprint density at radius 3 is 2.50 bits per heavy atom. The van der Waals surface area contributed by atoms with E-state index < -0.39 is 10.0 Å². The van der Waals surface area contributed by atoms with Gasteiger partial charge in [-0.3, -0.25) is 9.52 Å². The third-order valence-corrected chi connectivity index (χ3v) is 8.33. The Morgan fingerprint density at radius 1 is 1.06 bits per heavy atom. The number of nitrogens with zero attached hydrogens (tertiary/aromatic N) is 4. The molecular weight excluding hydrogens is 470 g/mol. The van der Waals surface area contributed by atoms with Crippen molar-refractivity contribution in [3.63, 3.8) is 0 Å². The molecule has 3 heterocycles. The van der Waals surface area contributed by atoms with Crippen molar-refractivity contribution in [2.45, 2.75) is 17.9 Å². The quantitative estimate of drug-likeness (QED) is 0.434. The van der Waals surface area contributed by atoms with Gasteiger partial charge in [-0.25, -0.2) is 13.4 Å². The fourth-order valence-corrected chi connectivity index (χ4v) is 6.08. The lowest BCUT2D eigenvalue weighted by Crippen LogP contribution is -2.50. The number of rotatable bonds is 6. The highest BCUT2D eigenvalue weighted by Crippen LogP contribution is 2.24. The van der Waals surface area contributed by atoms with Crippen LogP contribution in [0.3, 0.4) is 0 Å². The van der Waals surface area contributed by atoms with Crippen molar-refractivity contribution in [3.05, 3.63) is 72.4 Å². The lowest BCUT2D eigenvalue weighted by Gasteiger charge is -2.37. The molecule has 2 aromatic heterocycles. The summed E-state index contributed by atoms with van der Waals surface area (Å²) in [4.78, 5) is 21.4. The van der Waals surface area contributed by atoms with Crippen molar-refractivity contribution >= 4 is 49.0 Å². The number of carbonyl (C=O) groups excluding carboxylic acids is 1. The third kappa shape index (κ3) is 4.38. The fourth-order valence-electron chi connectivity index (χ4n) is 4.29. The van der Waals surface area contributed by atoms with E-state index in [2.05, 4.69) is 14.6 Å². The van der Waals surface area contributed by atoms with Gasteiger partial charge in [-0.2, -0.15) is 0 Å². The Bertz CT molecular complexity index is 1400. The van der Waals surface area contributed by atoms with Crippen LogP contribution in [0.4, 0.5) is 10.8 Å². The molecule has 1 aliphatic rings. The molecule has 10 heteroatoms. The smallest absolute Gasteiger partial charge is 0.263 e. The van der Waals surface area contributed by atoms with Gasteiger partial charge in [0.25, 0.3) is 10.0 Å². The molecule has 8 nitrogen and oxygen atoms in total. The minimum absolute atomic E-state index is 0. The number of nitrogens with one attached hydrogen (secondary N) is 1. The van der Waals surface area contributed by atoms with Crippen LogP contribution in [0, 0.1) is 0 Å². The van der Waals surface area contributed by atoms with Gasteiger partial charge >= 0.3 is 0 Å². The number of anilines is 2. The van der Waals surface area contributed by atoms with Crippen molar-refractivity contribution in [2.24, 2.45) is 0 Å². The highest BCUT2D eigenvalue weighted by Gasteiger charge is 2.26. The molecule has 5 rings (SSSR count). The van der Waals surface area contributed by atoms with Crippen molar-refractivity contribution in [2.75, 3.05) is 35.8 Å². The van der Waals surface area contributed by atoms with Crippen molar-refractivity contribution in [3.8, 4) is 0 Å². The molecule has 1 amide bonds. The SMILES string of the molecule is C[C@H](C(=O)N1CCN(c2ccc(S(=O)(=O)Nc3nccs3)cc2)CC1)n1ccc2ccccc21.[HH]. The fraction of sp³-hybridized carbons (Fsp3) is 0.250. The first-order chi connectivity index (χ1) is 16.4. The van der Waals surface area contributed by atoms with E-state index in [-0.39, 0.29) is 18.3 Å². The van der Waals surface area contributed by atoms with Gasteiger partial charge in [-0.1, -0.05) is 18.2 Å². The van der Waals surface area contributed by atoms with Crippen molar-refractivity contribution in [1.82, 2.24) is 14.5 Å². The van der Waals surface area contributed by atoms with Crippen LogP contribution in [0.5, 0.6) is 0 Å². The first kappa shape index (κ1) is 22.4. The summed E-state index contributed by atoms with van der Waals surface area (Å²) in [5.74, 6) is 0.107. The molecular formula is C24H27N5O3S2. The van der Waals surface area contributed by atoms with E-state index in [1.165, 1.54) is 11.3 Å². The molecule has 4 aromatic rings. The Kier molecular flexibility index (Phi) is 6.01. The normalized spacial score (nSPS) is 15.4. The van der Waals surface area contributed by atoms with Crippen molar-refractivity contribution < 1.29 is 14.6 Å². The van der Waals surface area contributed by atoms with Crippen LogP contribution in [-0.2, 0) is 14.8 Å². The Labute approximate surface area is 204 Å². The van der Waals surface area contributed by atoms with Crippen molar-refractivity contribution in [1.29, 1.82) is 0 Å². The molecule has 0 unspecified atom stereocenters. The highest BCUT2D eigenvalue weighted by atomic mass is 32.2. The van der Waals surface area contributed by atoms with Crippen LogP contribution < -0.4 is 9.62 Å². The first-order valence-electron chi connectivity index (χ1n) is 11.0. The summed E-state index contributed by atoms with van der Waals surface area (Å²) in [7, 11) is -3.67. The number of hydrogen-bond donors (Lipinski definition) is 1. The maximum Gasteiger partial charge on any atom is 0.263 e. The van der Waals surface area contributed by atoms with Crippen LogP contribution in [0.1, 0.15) is 14.4 Å². The number of fused-ring (bicyclic) bond motifs is 1. The van der Waals surface area contributed by atoms with E-state index in [1.807, 2.05) is 65.1 Å². The van der Waals surface area contributed by atoms with Crippen LogP contribution >= 0.6 is 11.3 Å². The van der Waals surface area contributed by atoms with Crippen LogP contribution in [0.25, 0.3) is 10.9 Å². The zero-order chi connectivity index (χ0) is 23.7. The predicted molar refractivity (Wildman–Crippen MR) is 137 cm³/mol. The summed E-state index contributed by atoms with van der Waals surface area (Å²) in [6.45, 7) is 4.56. The number of amides is 1. The molecule has 0 radical (unpaired) electrons. The van der Waals surface area contributed by atoms with Gasteiger partial charge < -0.3 is 14.4 Å². The summed E-state index contributed by atoms with van der Waals surface area (Å²) in [6.07, 6.45) is 3.53. The highest BCUT2D eigenvalue weighted by molar-refractivity contribution is 7.93. The molecule has 0 aliphatic carbocycles. The molecule has 0 spiro atoms. The average molecular weight is 498 g/mol. The Hall–Kier alpha value is -3.37. The van der Waals surface area contributed by atoms with E-state index in [0.717, 1.165) is 16.6 Å². The first-order valence-corrected chi connectivity index (χ1v) is 13.4. The lowest BCUT2D eigenvalue weighted by molar-refractivity contribution is -0.134. The van der Waals surface area contributed by atoms with Gasteiger partial charge in [-0.15, -0.1) is 11.3 Å². The predicted octanol–water partition coefficient (Wildman–Crippen LogP) is 4.05. The lowest BCUT2D eigenvalue weighted by atomic mass is 10.2. The van der Waals surface area contributed by atoms with Gasteiger partial charge in [0.05, 0.1) is 4.90 Å². The van der Waals surface area contributed by atoms with Gasteiger partial charge in [0.2, 0.25) is 5.91 Å². The van der Waals surface area contributed by atoms with Crippen LogP contribution in [0.2, 0.25) is 0 Å². The molecule has 1 saturated heterocycles. The number of carbonyl (C=O) groups is 1. The molecule has 1 atom stereocenters. The zero-order valence-corrected chi connectivity index (χ0v) is 20.3. The van der Waals surface area contributed by atoms with E-state index >= 15 is 0 Å². The summed E-state index contributed by atoms with van der Waals surface area (Å²) in [6, 6.07) is 16.6. The molecule has 0 bridgehead atoms. The average Bonchev–Trinajstić information content (AvgIpc) is 3.53. The van der Waals surface area contributed by atoms with Crippen LogP contribution in [0.15, 0.2) is 77.3 Å². The molecule has 178 valence electrons. The second-order valence-corrected chi connectivity index (χ2v) is 10.8. The minimum atomic E-state index is -3.67. The third-order valence-electron chi connectivity index (χ3n) is 6.16. The zero-order valence-electron chi connectivity index (χ0n) is 18.7. The number of hydrogen-bond acceptors (Lipinski definition) is 6. The Morgan fingerprint density at radius 2 is 1.79 bits per heavy atom. The molecule has 1 N–H and O–H groups in total. The van der Waals surface area contributed by atoms with Gasteiger partial charge in [0, 0.05) is 56.6 Å². The maximum atomic E-state index is 13.2. The number of sulfonamides is 1. The standard InChI is InChI=1S/C24H25N5O3S2.H2/c1-18(29-12-10-19-4-2-3-5-22(19)29)23(30)28-15-13-27(14-16-28)20-6-8-21(9-7-20)34(31,32)26-24-25-11-17-33-24;/h2-12,17-18H,13-16H2,1H3,(H,25,26);1H/t18-;/m1./s1. The van der Waals surface area contributed by atoms with Crippen LogP contribution in [-0.4, -0.2) is 55.0 Å². The van der Waals surface area contributed by atoms with Gasteiger partial charge in [-0.05, 0) is 48.7 Å². The molecule has 1 fully saturated rings. The maximum absolute atomic E-state index is 13.2. The van der Waals surface area contributed by atoms with Gasteiger partial charge in [0.15, 0.2) is 5.13 Å². The molecule has 1 aliphatic heterocycles. The Balaban J connectivity index is 0.00000289. The summed E-state index contributed by atoms with van der Waals surface area (Å²) in [5, 5.41) is 3.18. The summed E-state index contributed by atoms with van der Waals surface area (Å²) >= 11 is 1.23. The van der Waals surface area contributed by atoms with E-state index in [9.17, 15) is 13.2 Å². The number of thiazole rings is 1. The largest absolute Gasteiger partial charge is 0.368 e. The molecule has 2 aromatic carbocycles. The second kappa shape index (κ2) is 9.11. The minimum Gasteiger partial charge on any atom is -0.368 e. The van der Waals surface area contributed by atoms with E-state index in [0.29, 0.717) is 31.3 Å². The number of benzene rings is 2. The monoisotopic (exact) mass is 497 g/mol. The molecule has 34 heavy (non-hydrogen) atoms. The summed E-state index contributed by atoms with van der Waals surface area (Å²) < 4.78 is 29.6. The van der Waals surface area contributed by atoms with Gasteiger partial charge in [0.1, 0.15) is 6.04 Å². The summed E-state index contributed by atoms with van der Waals surface area (Å²) in [5.41, 5.74) is 1.99.